The largest absolute Gasteiger partial charge is 0.355 e. The second kappa shape index (κ2) is 4.46. The quantitative estimate of drug-likeness (QED) is 0.725. The molecule has 7 nitrogen and oxygen atoms in total. The molecule has 0 aliphatic carbocycles. The molecule has 2 rings (SSSR count). The summed E-state index contributed by atoms with van der Waals surface area (Å²) in [4.78, 5) is 14.7. The van der Waals surface area contributed by atoms with E-state index in [4.69, 9.17) is 0 Å². The van der Waals surface area contributed by atoms with Crippen LogP contribution in [0, 0.1) is 0 Å². The number of sulfonamides is 1. The number of amides is 1. The Bertz CT molecular complexity index is 512. The number of aromatic nitrogens is 2. The first-order chi connectivity index (χ1) is 7.97. The van der Waals surface area contributed by atoms with Crippen molar-refractivity contribution in [2.75, 3.05) is 6.54 Å². The fraction of sp³-hybridized carbons (Fsp3) is 0.556. The Morgan fingerprint density at radius 1 is 1.59 bits per heavy atom. The predicted octanol–water partition coefficient (Wildman–Crippen LogP) is -1.02. The number of hydrogen-bond acceptors (Lipinski definition) is 4. The summed E-state index contributed by atoms with van der Waals surface area (Å²) in [5.74, 6) is -0.0433. The van der Waals surface area contributed by atoms with Crippen LogP contribution in [0.25, 0.3) is 0 Å². The fourth-order valence-corrected chi connectivity index (χ4v) is 2.89. The standard InChI is InChI=1S/C9H14N4O3S/c1-13-5-9(11-6-13)17(15,16)12-7-2-3-8(14)10-4-7/h5-7,12H,2-4H2,1H3,(H,10,14). The number of imidazole rings is 1. The average Bonchev–Trinajstić information content (AvgIpc) is 2.69. The monoisotopic (exact) mass is 258 g/mol. The molecule has 0 bridgehead atoms. The van der Waals surface area contributed by atoms with E-state index in [2.05, 4.69) is 15.0 Å². The molecular formula is C9H14N4O3S. The molecular weight excluding hydrogens is 244 g/mol. The Morgan fingerprint density at radius 3 is 2.88 bits per heavy atom. The Kier molecular flexibility index (Phi) is 3.16. The lowest BCUT2D eigenvalue weighted by molar-refractivity contribution is -0.122. The number of aryl methyl sites for hydroxylation is 1. The van der Waals surface area contributed by atoms with Gasteiger partial charge < -0.3 is 9.88 Å². The molecule has 1 aliphatic rings. The van der Waals surface area contributed by atoms with Crippen LogP contribution in [0.15, 0.2) is 17.6 Å². The molecule has 0 aromatic carbocycles. The van der Waals surface area contributed by atoms with Gasteiger partial charge >= 0.3 is 0 Å². The molecule has 1 aliphatic heterocycles. The van der Waals surface area contributed by atoms with Crippen molar-refractivity contribution in [1.82, 2.24) is 19.6 Å². The van der Waals surface area contributed by atoms with Gasteiger partial charge in [0.05, 0.1) is 6.33 Å². The highest BCUT2D eigenvalue weighted by atomic mass is 32.2. The maximum Gasteiger partial charge on any atom is 0.259 e. The maximum atomic E-state index is 11.9. The molecule has 17 heavy (non-hydrogen) atoms. The summed E-state index contributed by atoms with van der Waals surface area (Å²) < 4.78 is 27.9. The zero-order valence-electron chi connectivity index (χ0n) is 9.38. The van der Waals surface area contributed by atoms with Crippen LogP contribution in [-0.4, -0.2) is 36.5 Å². The lowest BCUT2D eigenvalue weighted by Gasteiger charge is -2.22. The minimum absolute atomic E-state index is 0.00287. The summed E-state index contributed by atoms with van der Waals surface area (Å²) in [6.45, 7) is 0.324. The Morgan fingerprint density at radius 2 is 2.35 bits per heavy atom. The van der Waals surface area contributed by atoms with Gasteiger partial charge in [-0.15, -0.1) is 0 Å². The van der Waals surface area contributed by atoms with Gasteiger partial charge in [0.15, 0.2) is 5.03 Å². The third-order valence-electron chi connectivity index (χ3n) is 2.54. The summed E-state index contributed by atoms with van der Waals surface area (Å²) >= 11 is 0. The predicted molar refractivity (Wildman–Crippen MR) is 59.6 cm³/mol. The van der Waals surface area contributed by atoms with Crippen LogP contribution in [0.3, 0.4) is 0 Å². The van der Waals surface area contributed by atoms with E-state index < -0.39 is 10.0 Å². The Hall–Kier alpha value is -1.41. The van der Waals surface area contributed by atoms with Gasteiger partial charge in [-0.1, -0.05) is 0 Å². The highest BCUT2D eigenvalue weighted by Crippen LogP contribution is 2.09. The second-order valence-corrected chi connectivity index (χ2v) is 5.70. The molecule has 1 amide bonds. The van der Waals surface area contributed by atoms with Crippen molar-refractivity contribution >= 4 is 15.9 Å². The van der Waals surface area contributed by atoms with E-state index in [1.807, 2.05) is 0 Å². The summed E-state index contributed by atoms with van der Waals surface area (Å²) in [5, 5.41) is 2.62. The molecule has 0 saturated carbocycles. The maximum absolute atomic E-state index is 11.9. The minimum atomic E-state index is -3.59. The van der Waals surface area contributed by atoms with E-state index in [0.29, 0.717) is 19.4 Å². The van der Waals surface area contributed by atoms with Crippen LogP contribution in [-0.2, 0) is 21.9 Å². The highest BCUT2D eigenvalue weighted by Gasteiger charge is 2.25. The third-order valence-corrected chi connectivity index (χ3v) is 3.95. The summed E-state index contributed by atoms with van der Waals surface area (Å²) in [7, 11) is -1.89. The van der Waals surface area contributed by atoms with E-state index in [1.54, 1.807) is 11.6 Å². The van der Waals surface area contributed by atoms with Gasteiger partial charge in [-0.2, -0.15) is 0 Å². The second-order valence-electron chi connectivity index (χ2n) is 4.04. The SMILES string of the molecule is Cn1cnc(S(=O)(=O)NC2CCC(=O)NC2)c1. The van der Waals surface area contributed by atoms with Crippen LogP contribution in [0.1, 0.15) is 12.8 Å². The fourth-order valence-electron chi connectivity index (χ4n) is 1.64. The van der Waals surface area contributed by atoms with Gasteiger partial charge in [-0.05, 0) is 6.42 Å². The van der Waals surface area contributed by atoms with Crippen LogP contribution < -0.4 is 10.0 Å². The molecule has 1 unspecified atom stereocenters. The molecule has 1 fully saturated rings. The molecule has 0 radical (unpaired) electrons. The van der Waals surface area contributed by atoms with Gasteiger partial charge in [-0.3, -0.25) is 4.79 Å². The molecule has 94 valence electrons. The first-order valence-electron chi connectivity index (χ1n) is 5.24. The van der Waals surface area contributed by atoms with Gasteiger partial charge in [0, 0.05) is 32.3 Å². The first kappa shape index (κ1) is 12.1. The van der Waals surface area contributed by atoms with Crippen LogP contribution in [0.2, 0.25) is 0 Å². The van der Waals surface area contributed by atoms with Gasteiger partial charge in [0.1, 0.15) is 0 Å². The highest BCUT2D eigenvalue weighted by molar-refractivity contribution is 7.89. The Balaban J connectivity index is 2.05. The minimum Gasteiger partial charge on any atom is -0.355 e. The molecule has 1 aromatic rings. The lowest BCUT2D eigenvalue weighted by Crippen LogP contribution is -2.47. The number of nitrogens with zero attached hydrogens (tertiary/aromatic N) is 2. The zero-order valence-corrected chi connectivity index (χ0v) is 10.2. The van der Waals surface area contributed by atoms with Crippen molar-refractivity contribution in [2.24, 2.45) is 7.05 Å². The van der Waals surface area contributed by atoms with E-state index >= 15 is 0 Å². The van der Waals surface area contributed by atoms with Gasteiger partial charge in [-0.25, -0.2) is 18.1 Å². The summed E-state index contributed by atoms with van der Waals surface area (Å²) in [6.07, 6.45) is 3.72. The van der Waals surface area contributed by atoms with E-state index in [1.165, 1.54) is 12.5 Å². The molecule has 0 spiro atoms. The van der Waals surface area contributed by atoms with Crippen molar-refractivity contribution in [3.8, 4) is 0 Å². The lowest BCUT2D eigenvalue weighted by atomic mass is 10.1. The number of hydrogen-bond donors (Lipinski definition) is 2. The normalized spacial score (nSPS) is 21.2. The van der Waals surface area contributed by atoms with Gasteiger partial charge in [0.2, 0.25) is 5.91 Å². The smallest absolute Gasteiger partial charge is 0.259 e. The number of piperidine rings is 1. The molecule has 8 heteroatoms. The van der Waals surface area contributed by atoms with Crippen molar-refractivity contribution in [3.63, 3.8) is 0 Å². The van der Waals surface area contributed by atoms with Gasteiger partial charge in [0.25, 0.3) is 10.0 Å². The van der Waals surface area contributed by atoms with E-state index in [-0.39, 0.29) is 17.0 Å². The Labute approximate surface area is 99.3 Å². The summed E-state index contributed by atoms with van der Waals surface area (Å²) in [6, 6.07) is -0.264. The molecule has 2 N–H and O–H groups in total. The van der Waals surface area contributed by atoms with Crippen LogP contribution in [0.4, 0.5) is 0 Å². The van der Waals surface area contributed by atoms with Crippen LogP contribution >= 0.6 is 0 Å². The molecule has 2 heterocycles. The third kappa shape index (κ3) is 2.83. The van der Waals surface area contributed by atoms with Crippen molar-refractivity contribution < 1.29 is 13.2 Å². The van der Waals surface area contributed by atoms with Crippen molar-refractivity contribution in [3.05, 3.63) is 12.5 Å². The van der Waals surface area contributed by atoms with E-state index in [0.717, 1.165) is 0 Å². The number of nitrogens with one attached hydrogen (secondary N) is 2. The number of rotatable bonds is 3. The number of carbonyl (C=O) groups excluding carboxylic acids is 1. The van der Waals surface area contributed by atoms with Crippen LogP contribution in [0.5, 0.6) is 0 Å². The zero-order chi connectivity index (χ0) is 12.5. The topological polar surface area (TPSA) is 93.1 Å². The average molecular weight is 258 g/mol. The molecule has 1 saturated heterocycles. The number of carbonyl (C=O) groups is 1. The first-order valence-corrected chi connectivity index (χ1v) is 6.73. The van der Waals surface area contributed by atoms with Crippen molar-refractivity contribution in [2.45, 2.75) is 23.9 Å². The molecule has 1 aromatic heterocycles. The van der Waals surface area contributed by atoms with E-state index in [9.17, 15) is 13.2 Å². The summed E-state index contributed by atoms with van der Waals surface area (Å²) in [5.41, 5.74) is 0. The molecule has 1 atom stereocenters. The van der Waals surface area contributed by atoms with Crippen molar-refractivity contribution in [1.29, 1.82) is 0 Å².